The molecule has 2 aromatic rings. The summed E-state index contributed by atoms with van der Waals surface area (Å²) in [6.45, 7) is 1.93. The number of rotatable bonds is 2. The van der Waals surface area contributed by atoms with Crippen molar-refractivity contribution >= 4 is 23.0 Å². The van der Waals surface area contributed by atoms with Crippen molar-refractivity contribution in [3.05, 3.63) is 52.0 Å². The van der Waals surface area contributed by atoms with E-state index in [4.69, 9.17) is 5.26 Å². The van der Waals surface area contributed by atoms with Gasteiger partial charge in [-0.15, -0.1) is 11.3 Å². The highest BCUT2D eigenvalue weighted by Crippen LogP contribution is 2.21. The van der Waals surface area contributed by atoms with E-state index in [0.717, 1.165) is 16.3 Å². The average Bonchev–Trinajstić information content (AvgIpc) is 2.74. The minimum atomic E-state index is 0.615. The van der Waals surface area contributed by atoms with Crippen LogP contribution in [-0.2, 0) is 0 Å². The van der Waals surface area contributed by atoms with Gasteiger partial charge in [0.2, 0.25) is 0 Å². The summed E-state index contributed by atoms with van der Waals surface area (Å²) in [4.78, 5) is 4.31. The maximum absolute atomic E-state index is 9.10. The number of aromatic nitrogens is 1. The summed E-state index contributed by atoms with van der Waals surface area (Å²) >= 11 is 1.50. The van der Waals surface area contributed by atoms with E-state index < -0.39 is 0 Å². The Bertz CT molecular complexity index is 547. The molecule has 0 saturated carbocycles. The van der Waals surface area contributed by atoms with Gasteiger partial charge in [-0.3, -0.25) is 0 Å². The molecule has 1 heterocycles. The van der Waals surface area contributed by atoms with Crippen molar-refractivity contribution in [1.82, 2.24) is 4.98 Å². The van der Waals surface area contributed by atoms with Crippen LogP contribution in [0.5, 0.6) is 0 Å². The fourth-order valence-corrected chi connectivity index (χ4v) is 2.10. The molecule has 2 nitrogen and oxygen atoms in total. The molecule has 0 bridgehead atoms. The first kappa shape index (κ1) is 10.6. The lowest BCUT2D eigenvalue weighted by atomic mass is 10.1. The molecule has 0 amide bonds. The smallest absolute Gasteiger partial charge is 0.134 e. The largest absolute Gasteiger partial charge is 0.241 e. The zero-order chi connectivity index (χ0) is 11.4. The SMILES string of the molecule is Cc1csc(/C(C#N)=C\c2ccccc2)n1. The van der Waals surface area contributed by atoms with E-state index in [2.05, 4.69) is 11.1 Å². The van der Waals surface area contributed by atoms with Crippen LogP contribution in [0, 0.1) is 18.3 Å². The van der Waals surface area contributed by atoms with Gasteiger partial charge in [-0.1, -0.05) is 30.3 Å². The summed E-state index contributed by atoms with van der Waals surface area (Å²) in [5.74, 6) is 0. The molecule has 0 saturated heterocycles. The second-order valence-electron chi connectivity index (χ2n) is 3.37. The normalized spacial score (nSPS) is 11.1. The van der Waals surface area contributed by atoms with E-state index in [0.29, 0.717) is 5.57 Å². The van der Waals surface area contributed by atoms with Gasteiger partial charge in [0, 0.05) is 11.1 Å². The molecule has 0 N–H and O–H groups in total. The first-order valence-corrected chi connectivity index (χ1v) is 5.77. The highest BCUT2D eigenvalue weighted by atomic mass is 32.1. The first-order valence-electron chi connectivity index (χ1n) is 4.89. The molecule has 16 heavy (non-hydrogen) atoms. The van der Waals surface area contributed by atoms with Crippen LogP contribution in [0.25, 0.3) is 11.6 Å². The van der Waals surface area contributed by atoms with Crippen molar-refractivity contribution in [3.8, 4) is 6.07 Å². The van der Waals surface area contributed by atoms with Crippen LogP contribution in [0.1, 0.15) is 16.3 Å². The van der Waals surface area contributed by atoms with Gasteiger partial charge >= 0.3 is 0 Å². The number of nitrogens with zero attached hydrogens (tertiary/aromatic N) is 2. The molecule has 0 radical (unpaired) electrons. The van der Waals surface area contributed by atoms with Gasteiger partial charge in [0.25, 0.3) is 0 Å². The molecule has 1 aromatic carbocycles. The summed E-state index contributed by atoms with van der Waals surface area (Å²) < 4.78 is 0. The Kier molecular flexibility index (Phi) is 3.13. The lowest BCUT2D eigenvalue weighted by molar-refractivity contribution is 1.25. The van der Waals surface area contributed by atoms with Crippen molar-refractivity contribution in [1.29, 1.82) is 5.26 Å². The molecule has 3 heteroatoms. The molecule has 2 rings (SSSR count). The van der Waals surface area contributed by atoms with Gasteiger partial charge in [-0.05, 0) is 18.6 Å². The van der Waals surface area contributed by atoms with E-state index >= 15 is 0 Å². The zero-order valence-electron chi connectivity index (χ0n) is 8.84. The molecule has 0 fully saturated rings. The highest BCUT2D eigenvalue weighted by Gasteiger charge is 2.04. The monoisotopic (exact) mass is 226 g/mol. The highest BCUT2D eigenvalue weighted by molar-refractivity contribution is 7.11. The topological polar surface area (TPSA) is 36.7 Å². The van der Waals surface area contributed by atoms with Gasteiger partial charge in [-0.2, -0.15) is 5.26 Å². The van der Waals surface area contributed by atoms with Crippen molar-refractivity contribution < 1.29 is 0 Å². The molecule has 78 valence electrons. The Morgan fingerprint density at radius 1 is 1.38 bits per heavy atom. The van der Waals surface area contributed by atoms with Crippen LogP contribution in [0.3, 0.4) is 0 Å². The summed E-state index contributed by atoms with van der Waals surface area (Å²) in [5, 5.41) is 11.8. The molecule has 0 atom stereocenters. The molecule has 0 aliphatic rings. The summed E-state index contributed by atoms with van der Waals surface area (Å²) in [6.07, 6.45) is 1.86. The third-order valence-corrected chi connectivity index (χ3v) is 3.07. The molecule has 0 unspecified atom stereocenters. The van der Waals surface area contributed by atoms with Crippen LogP contribution >= 0.6 is 11.3 Å². The Balaban J connectivity index is 2.38. The second kappa shape index (κ2) is 4.73. The number of allylic oxidation sites excluding steroid dienone is 1. The van der Waals surface area contributed by atoms with Crippen molar-refractivity contribution in [2.45, 2.75) is 6.92 Å². The Morgan fingerprint density at radius 3 is 2.69 bits per heavy atom. The van der Waals surface area contributed by atoms with Crippen LogP contribution in [0.4, 0.5) is 0 Å². The Morgan fingerprint density at radius 2 is 2.12 bits per heavy atom. The average molecular weight is 226 g/mol. The van der Waals surface area contributed by atoms with Crippen molar-refractivity contribution in [3.63, 3.8) is 0 Å². The predicted octanol–water partition coefficient (Wildman–Crippen LogP) is 3.52. The third kappa shape index (κ3) is 2.36. The number of nitriles is 1. The Hall–Kier alpha value is -1.92. The molecule has 0 aliphatic heterocycles. The number of benzene rings is 1. The zero-order valence-corrected chi connectivity index (χ0v) is 9.66. The van der Waals surface area contributed by atoms with E-state index in [9.17, 15) is 0 Å². The molecular formula is C13H10N2S. The first-order chi connectivity index (χ1) is 7.79. The van der Waals surface area contributed by atoms with Crippen molar-refractivity contribution in [2.75, 3.05) is 0 Å². The van der Waals surface area contributed by atoms with Crippen LogP contribution in [0.2, 0.25) is 0 Å². The maximum atomic E-state index is 9.10. The van der Waals surface area contributed by atoms with Gasteiger partial charge in [0.1, 0.15) is 11.1 Å². The van der Waals surface area contributed by atoms with Gasteiger partial charge in [0.15, 0.2) is 0 Å². The summed E-state index contributed by atoms with van der Waals surface area (Å²) in [7, 11) is 0. The fourth-order valence-electron chi connectivity index (χ4n) is 1.34. The van der Waals surface area contributed by atoms with Crippen molar-refractivity contribution in [2.24, 2.45) is 0 Å². The number of thiazole rings is 1. The number of aryl methyl sites for hydroxylation is 1. The van der Waals surface area contributed by atoms with Gasteiger partial charge in [0.05, 0.1) is 5.57 Å². The number of hydrogen-bond donors (Lipinski definition) is 0. The molecule has 0 aliphatic carbocycles. The quantitative estimate of drug-likeness (QED) is 0.735. The summed E-state index contributed by atoms with van der Waals surface area (Å²) in [6, 6.07) is 12.0. The minimum absolute atomic E-state index is 0.615. The van der Waals surface area contributed by atoms with Crippen LogP contribution < -0.4 is 0 Å². The minimum Gasteiger partial charge on any atom is -0.241 e. The van der Waals surface area contributed by atoms with Crippen LogP contribution in [-0.4, -0.2) is 4.98 Å². The summed E-state index contributed by atoms with van der Waals surface area (Å²) in [5.41, 5.74) is 2.59. The lowest BCUT2D eigenvalue weighted by Gasteiger charge is -1.94. The van der Waals surface area contributed by atoms with E-state index in [1.807, 2.05) is 48.7 Å². The third-order valence-electron chi connectivity index (χ3n) is 2.08. The molecule has 1 aromatic heterocycles. The Labute approximate surface area is 98.5 Å². The van der Waals surface area contributed by atoms with Gasteiger partial charge < -0.3 is 0 Å². The van der Waals surface area contributed by atoms with E-state index in [1.54, 1.807) is 0 Å². The van der Waals surface area contributed by atoms with E-state index in [-0.39, 0.29) is 0 Å². The molecular weight excluding hydrogens is 216 g/mol. The standard InChI is InChI=1S/C13H10N2S/c1-10-9-16-13(15-10)12(8-14)7-11-5-3-2-4-6-11/h2-7,9H,1H3/b12-7-. The maximum Gasteiger partial charge on any atom is 0.134 e. The van der Waals surface area contributed by atoms with Crippen LogP contribution in [0.15, 0.2) is 35.7 Å². The van der Waals surface area contributed by atoms with Gasteiger partial charge in [-0.25, -0.2) is 4.98 Å². The second-order valence-corrected chi connectivity index (χ2v) is 4.23. The number of hydrogen-bond acceptors (Lipinski definition) is 3. The van der Waals surface area contributed by atoms with E-state index in [1.165, 1.54) is 11.3 Å². The lowest BCUT2D eigenvalue weighted by Crippen LogP contribution is -1.81. The predicted molar refractivity (Wildman–Crippen MR) is 66.8 cm³/mol. The molecule has 0 spiro atoms. The fraction of sp³-hybridized carbons (Fsp3) is 0.0769.